The summed E-state index contributed by atoms with van der Waals surface area (Å²) in [6, 6.07) is 10.7. The van der Waals surface area contributed by atoms with Gasteiger partial charge in [0.1, 0.15) is 0 Å². The third-order valence-corrected chi connectivity index (χ3v) is 3.84. The third-order valence-electron chi connectivity index (χ3n) is 3.84. The van der Waals surface area contributed by atoms with Crippen LogP contribution >= 0.6 is 0 Å². The zero-order chi connectivity index (χ0) is 13.7. The van der Waals surface area contributed by atoms with E-state index in [-0.39, 0.29) is 17.9 Å². The summed E-state index contributed by atoms with van der Waals surface area (Å²) in [5.41, 5.74) is 1.27. The maximum absolute atomic E-state index is 12.5. The van der Waals surface area contributed by atoms with E-state index >= 15 is 0 Å². The Morgan fingerprint density at radius 1 is 1.42 bits per heavy atom. The molecule has 0 radical (unpaired) electrons. The highest BCUT2D eigenvalue weighted by Gasteiger charge is 2.31. The van der Waals surface area contributed by atoms with Crippen molar-refractivity contribution in [3.8, 4) is 0 Å². The molecule has 1 aromatic carbocycles. The first-order valence-electron chi connectivity index (χ1n) is 7.30. The average Bonchev–Trinajstić information content (AvgIpc) is 2.94. The van der Waals surface area contributed by atoms with Crippen LogP contribution in [-0.2, 0) is 4.79 Å². The van der Waals surface area contributed by atoms with Crippen molar-refractivity contribution in [3.05, 3.63) is 35.9 Å². The second kappa shape index (κ2) is 6.71. The zero-order valence-electron chi connectivity index (χ0n) is 11.9. The fourth-order valence-corrected chi connectivity index (χ4v) is 2.78. The number of benzene rings is 1. The Hall–Kier alpha value is -1.35. The number of nitrogens with zero attached hydrogens (tertiary/aromatic N) is 1. The summed E-state index contributed by atoms with van der Waals surface area (Å²) < 4.78 is 0. The van der Waals surface area contributed by atoms with Crippen LogP contribution in [0.3, 0.4) is 0 Å². The number of hydrogen-bond donors (Lipinski definition) is 1. The topological polar surface area (TPSA) is 32.3 Å². The molecule has 104 valence electrons. The molecule has 1 heterocycles. The fourth-order valence-electron chi connectivity index (χ4n) is 2.78. The van der Waals surface area contributed by atoms with Crippen LogP contribution in [0.15, 0.2) is 30.3 Å². The molecule has 1 fully saturated rings. The van der Waals surface area contributed by atoms with Crippen molar-refractivity contribution in [2.75, 3.05) is 19.6 Å². The highest BCUT2D eigenvalue weighted by atomic mass is 16.2. The first kappa shape index (κ1) is 14.1. The Labute approximate surface area is 116 Å². The van der Waals surface area contributed by atoms with Crippen molar-refractivity contribution in [2.45, 2.75) is 32.7 Å². The van der Waals surface area contributed by atoms with Crippen LogP contribution < -0.4 is 5.32 Å². The molecule has 0 spiro atoms. The second-order valence-electron chi connectivity index (χ2n) is 5.31. The minimum Gasteiger partial charge on any atom is -0.335 e. The summed E-state index contributed by atoms with van der Waals surface area (Å²) >= 11 is 0. The van der Waals surface area contributed by atoms with Gasteiger partial charge in [-0.3, -0.25) is 4.79 Å². The molecule has 1 aromatic rings. The molecule has 0 saturated carbocycles. The number of hydrogen-bond acceptors (Lipinski definition) is 2. The minimum absolute atomic E-state index is 0.0595. The third kappa shape index (κ3) is 3.35. The highest BCUT2D eigenvalue weighted by Crippen LogP contribution is 2.32. The predicted molar refractivity (Wildman–Crippen MR) is 77.8 cm³/mol. The van der Waals surface area contributed by atoms with E-state index in [9.17, 15) is 4.79 Å². The standard InChI is InChI=1S/C16H24N2O/c1-3-17-12-13(2)16(19)18-11-7-10-15(18)14-8-5-4-6-9-14/h4-6,8-9,13,15,17H,3,7,10-12H2,1-2H3. The second-order valence-corrected chi connectivity index (χ2v) is 5.31. The number of nitrogens with one attached hydrogen (secondary N) is 1. The lowest BCUT2D eigenvalue weighted by molar-refractivity contribution is -0.135. The van der Waals surface area contributed by atoms with Crippen LogP contribution in [0, 0.1) is 5.92 Å². The van der Waals surface area contributed by atoms with Crippen molar-refractivity contribution >= 4 is 5.91 Å². The SMILES string of the molecule is CCNCC(C)C(=O)N1CCCC1c1ccccc1. The molecule has 0 aromatic heterocycles. The molecule has 0 bridgehead atoms. The average molecular weight is 260 g/mol. The fraction of sp³-hybridized carbons (Fsp3) is 0.562. The molecule has 2 rings (SSSR count). The van der Waals surface area contributed by atoms with E-state index in [2.05, 4.69) is 41.4 Å². The summed E-state index contributed by atoms with van der Waals surface area (Å²) in [5.74, 6) is 0.344. The van der Waals surface area contributed by atoms with E-state index in [1.807, 2.05) is 13.0 Å². The van der Waals surface area contributed by atoms with Crippen molar-refractivity contribution in [3.63, 3.8) is 0 Å². The number of carbonyl (C=O) groups excluding carboxylic acids is 1. The maximum Gasteiger partial charge on any atom is 0.227 e. The van der Waals surface area contributed by atoms with Crippen LogP contribution in [0.5, 0.6) is 0 Å². The first-order valence-corrected chi connectivity index (χ1v) is 7.30. The van der Waals surface area contributed by atoms with Gasteiger partial charge in [-0.15, -0.1) is 0 Å². The van der Waals surface area contributed by atoms with E-state index in [4.69, 9.17) is 0 Å². The summed E-state index contributed by atoms with van der Waals surface area (Å²) in [6.07, 6.45) is 2.20. The van der Waals surface area contributed by atoms with Gasteiger partial charge in [0.05, 0.1) is 6.04 Å². The molecule has 1 aliphatic heterocycles. The predicted octanol–water partition coefficient (Wildman–Crippen LogP) is 2.60. The summed E-state index contributed by atoms with van der Waals surface area (Å²) in [4.78, 5) is 14.6. The van der Waals surface area contributed by atoms with Crippen LogP contribution in [-0.4, -0.2) is 30.4 Å². The quantitative estimate of drug-likeness (QED) is 0.882. The van der Waals surface area contributed by atoms with Crippen molar-refractivity contribution < 1.29 is 4.79 Å². The number of rotatable bonds is 5. The van der Waals surface area contributed by atoms with Crippen LogP contribution in [0.4, 0.5) is 0 Å². The smallest absolute Gasteiger partial charge is 0.227 e. The summed E-state index contributed by atoms with van der Waals surface area (Å²) in [6.45, 7) is 6.67. The van der Waals surface area contributed by atoms with Crippen molar-refractivity contribution in [1.29, 1.82) is 0 Å². The molecule has 3 nitrogen and oxygen atoms in total. The maximum atomic E-state index is 12.5. The van der Waals surface area contributed by atoms with E-state index in [1.165, 1.54) is 5.56 Å². The minimum atomic E-state index is 0.0595. The molecule has 1 aliphatic rings. The molecule has 19 heavy (non-hydrogen) atoms. The largest absolute Gasteiger partial charge is 0.335 e. The zero-order valence-corrected chi connectivity index (χ0v) is 11.9. The van der Waals surface area contributed by atoms with Crippen molar-refractivity contribution in [2.24, 2.45) is 5.92 Å². The van der Waals surface area contributed by atoms with Gasteiger partial charge in [-0.05, 0) is 24.9 Å². The van der Waals surface area contributed by atoms with E-state index < -0.39 is 0 Å². The number of carbonyl (C=O) groups is 1. The Kier molecular flexibility index (Phi) is 4.97. The van der Waals surface area contributed by atoms with Gasteiger partial charge in [0.15, 0.2) is 0 Å². The first-order chi connectivity index (χ1) is 9.24. The summed E-state index contributed by atoms with van der Waals surface area (Å²) in [7, 11) is 0. The molecule has 2 atom stereocenters. The molecule has 0 aliphatic carbocycles. The Balaban J connectivity index is 2.04. The van der Waals surface area contributed by atoms with Crippen molar-refractivity contribution in [1.82, 2.24) is 10.2 Å². The van der Waals surface area contributed by atoms with Gasteiger partial charge in [-0.25, -0.2) is 0 Å². The van der Waals surface area contributed by atoms with Gasteiger partial charge in [-0.2, -0.15) is 0 Å². The molecule has 1 N–H and O–H groups in total. The van der Waals surface area contributed by atoms with E-state index in [0.717, 1.165) is 32.5 Å². The Morgan fingerprint density at radius 2 is 2.16 bits per heavy atom. The molecule has 1 amide bonds. The molecule has 2 unspecified atom stereocenters. The molecular formula is C16H24N2O. The van der Waals surface area contributed by atoms with Gasteiger partial charge in [0.25, 0.3) is 0 Å². The van der Waals surface area contributed by atoms with Gasteiger partial charge >= 0.3 is 0 Å². The van der Waals surface area contributed by atoms with E-state index in [1.54, 1.807) is 0 Å². The monoisotopic (exact) mass is 260 g/mol. The number of amides is 1. The van der Waals surface area contributed by atoms with E-state index in [0.29, 0.717) is 0 Å². The highest BCUT2D eigenvalue weighted by molar-refractivity contribution is 5.79. The molecule has 1 saturated heterocycles. The molecule has 3 heteroatoms. The van der Waals surface area contributed by atoms with Crippen LogP contribution in [0.25, 0.3) is 0 Å². The lowest BCUT2D eigenvalue weighted by atomic mass is 10.0. The van der Waals surface area contributed by atoms with Gasteiger partial charge < -0.3 is 10.2 Å². The lowest BCUT2D eigenvalue weighted by Crippen LogP contribution is -2.38. The number of likely N-dealkylation sites (tertiary alicyclic amines) is 1. The van der Waals surface area contributed by atoms with Gasteiger partial charge in [0, 0.05) is 19.0 Å². The lowest BCUT2D eigenvalue weighted by Gasteiger charge is -2.28. The van der Waals surface area contributed by atoms with Gasteiger partial charge in [0.2, 0.25) is 5.91 Å². The summed E-state index contributed by atoms with van der Waals surface area (Å²) in [5, 5.41) is 3.26. The van der Waals surface area contributed by atoms with Crippen LogP contribution in [0.1, 0.15) is 38.3 Å². The van der Waals surface area contributed by atoms with Crippen LogP contribution in [0.2, 0.25) is 0 Å². The molecular weight excluding hydrogens is 236 g/mol. The normalized spacial score (nSPS) is 20.5. The Bertz CT molecular complexity index is 404. The van der Waals surface area contributed by atoms with Gasteiger partial charge in [-0.1, -0.05) is 44.2 Å². The Morgan fingerprint density at radius 3 is 2.84 bits per heavy atom.